The zero-order valence-corrected chi connectivity index (χ0v) is 12.7. The van der Waals surface area contributed by atoms with Crippen molar-refractivity contribution in [2.24, 2.45) is 12.5 Å². The van der Waals surface area contributed by atoms with Crippen molar-refractivity contribution in [2.75, 3.05) is 13.1 Å². The van der Waals surface area contributed by atoms with Crippen LogP contribution in [0.5, 0.6) is 0 Å². The molecule has 1 heterocycles. The van der Waals surface area contributed by atoms with Gasteiger partial charge < -0.3 is 20.3 Å². The molecule has 21 heavy (non-hydrogen) atoms. The zero-order valence-electron chi connectivity index (χ0n) is 12.7. The Morgan fingerprint density at radius 2 is 2.00 bits per heavy atom. The van der Waals surface area contributed by atoms with Crippen LogP contribution in [-0.4, -0.2) is 45.0 Å². The number of aromatic nitrogens is 3. The van der Waals surface area contributed by atoms with Crippen LogP contribution in [0.25, 0.3) is 0 Å². The van der Waals surface area contributed by atoms with E-state index in [4.69, 9.17) is 0 Å². The van der Waals surface area contributed by atoms with Crippen molar-refractivity contribution in [3.8, 4) is 0 Å². The number of urea groups is 1. The van der Waals surface area contributed by atoms with Crippen molar-refractivity contribution < 1.29 is 14.7 Å². The van der Waals surface area contributed by atoms with Gasteiger partial charge in [-0.25, -0.2) is 4.79 Å². The predicted octanol–water partition coefficient (Wildman–Crippen LogP) is 0.548. The lowest BCUT2D eigenvalue weighted by molar-refractivity contribution is -0.149. The molecule has 0 unspecified atom stereocenters. The summed E-state index contributed by atoms with van der Waals surface area (Å²) in [5.41, 5.74) is -0.902. The first-order chi connectivity index (χ1) is 9.95. The molecule has 0 bridgehead atoms. The largest absolute Gasteiger partial charge is 0.481 e. The van der Waals surface area contributed by atoms with E-state index in [0.717, 1.165) is 5.82 Å². The van der Waals surface area contributed by atoms with Crippen LogP contribution in [0.4, 0.5) is 4.79 Å². The van der Waals surface area contributed by atoms with Crippen LogP contribution in [0.3, 0.4) is 0 Å². The fourth-order valence-corrected chi connectivity index (χ4v) is 2.01. The number of carbonyl (C=O) groups is 2. The molecule has 1 aromatic rings. The van der Waals surface area contributed by atoms with E-state index < -0.39 is 11.4 Å². The highest BCUT2D eigenvalue weighted by molar-refractivity contribution is 5.78. The smallest absolute Gasteiger partial charge is 0.314 e. The monoisotopic (exact) mass is 297 g/mol. The van der Waals surface area contributed by atoms with Gasteiger partial charge in [0.05, 0.1) is 5.41 Å². The van der Waals surface area contributed by atoms with Gasteiger partial charge in [0.1, 0.15) is 12.2 Å². The molecule has 8 heteroatoms. The van der Waals surface area contributed by atoms with Gasteiger partial charge in [-0.1, -0.05) is 13.8 Å². The van der Waals surface area contributed by atoms with Gasteiger partial charge in [-0.15, -0.1) is 10.2 Å². The highest BCUT2D eigenvalue weighted by Gasteiger charge is 2.35. The molecule has 0 aromatic carbocycles. The average Bonchev–Trinajstić information content (AvgIpc) is 2.86. The first kappa shape index (κ1) is 16.9. The standard InChI is InChI=1S/C13H23N5O3/c1-4-13(5-2,11(19)20)8-15-12(21)14-7-6-10-17-16-9-18(10)3/h9H,4-8H2,1-3H3,(H,19,20)(H2,14,15,21). The number of rotatable bonds is 8. The van der Waals surface area contributed by atoms with Gasteiger partial charge >= 0.3 is 12.0 Å². The number of carboxylic acids is 1. The topological polar surface area (TPSA) is 109 Å². The maximum atomic E-state index is 11.7. The Bertz CT molecular complexity index is 482. The molecule has 2 amide bonds. The second-order valence-electron chi connectivity index (χ2n) is 5.01. The Morgan fingerprint density at radius 1 is 1.33 bits per heavy atom. The Hall–Kier alpha value is -2.12. The van der Waals surface area contributed by atoms with E-state index in [0.29, 0.717) is 25.8 Å². The van der Waals surface area contributed by atoms with Crippen molar-refractivity contribution in [1.82, 2.24) is 25.4 Å². The Kier molecular flexibility index (Phi) is 6.13. The zero-order chi connectivity index (χ0) is 15.9. The number of hydrogen-bond donors (Lipinski definition) is 3. The summed E-state index contributed by atoms with van der Waals surface area (Å²) in [5, 5.41) is 22.3. The second kappa shape index (κ2) is 7.61. The molecule has 1 aromatic heterocycles. The van der Waals surface area contributed by atoms with Gasteiger partial charge in [-0.05, 0) is 12.8 Å². The fraction of sp³-hybridized carbons (Fsp3) is 0.692. The fourth-order valence-electron chi connectivity index (χ4n) is 2.01. The number of aliphatic carboxylic acids is 1. The van der Waals surface area contributed by atoms with Crippen LogP contribution < -0.4 is 10.6 Å². The van der Waals surface area contributed by atoms with Crippen LogP contribution in [0, 0.1) is 5.41 Å². The highest BCUT2D eigenvalue weighted by atomic mass is 16.4. The SMILES string of the molecule is CCC(CC)(CNC(=O)NCCc1nncn1C)C(=O)O. The van der Waals surface area contributed by atoms with Crippen molar-refractivity contribution >= 4 is 12.0 Å². The van der Waals surface area contributed by atoms with Crippen LogP contribution >= 0.6 is 0 Å². The van der Waals surface area contributed by atoms with E-state index in [1.807, 2.05) is 20.9 Å². The van der Waals surface area contributed by atoms with E-state index in [-0.39, 0.29) is 12.6 Å². The van der Waals surface area contributed by atoms with Gasteiger partial charge in [0.2, 0.25) is 0 Å². The molecule has 0 atom stereocenters. The van der Waals surface area contributed by atoms with Gasteiger partial charge in [-0.3, -0.25) is 4.79 Å². The second-order valence-corrected chi connectivity index (χ2v) is 5.01. The number of aryl methyl sites for hydroxylation is 1. The highest BCUT2D eigenvalue weighted by Crippen LogP contribution is 2.25. The summed E-state index contributed by atoms with van der Waals surface area (Å²) in [4.78, 5) is 23.0. The molecule has 0 spiro atoms. The maximum absolute atomic E-state index is 11.7. The molecule has 118 valence electrons. The number of nitrogens with one attached hydrogen (secondary N) is 2. The molecule has 0 aliphatic heterocycles. The quantitative estimate of drug-likeness (QED) is 0.649. The molecule has 0 aliphatic rings. The molecule has 0 saturated carbocycles. The lowest BCUT2D eigenvalue weighted by atomic mass is 9.82. The summed E-state index contributed by atoms with van der Waals surface area (Å²) in [6.45, 7) is 4.15. The maximum Gasteiger partial charge on any atom is 0.314 e. The van der Waals surface area contributed by atoms with E-state index in [1.54, 1.807) is 10.9 Å². The third-order valence-electron chi connectivity index (χ3n) is 3.83. The normalized spacial score (nSPS) is 11.2. The minimum Gasteiger partial charge on any atom is -0.481 e. The number of amides is 2. The predicted molar refractivity (Wildman–Crippen MR) is 76.8 cm³/mol. The molecule has 0 saturated heterocycles. The Morgan fingerprint density at radius 3 is 2.48 bits per heavy atom. The van der Waals surface area contributed by atoms with E-state index in [2.05, 4.69) is 20.8 Å². The minimum absolute atomic E-state index is 0.116. The van der Waals surface area contributed by atoms with E-state index >= 15 is 0 Å². The summed E-state index contributed by atoms with van der Waals surface area (Å²) < 4.78 is 1.78. The first-order valence-electron chi connectivity index (χ1n) is 7.03. The van der Waals surface area contributed by atoms with Crippen molar-refractivity contribution in [3.63, 3.8) is 0 Å². The van der Waals surface area contributed by atoms with Gasteiger partial charge in [0.15, 0.2) is 0 Å². The number of carbonyl (C=O) groups excluding carboxylic acids is 1. The Labute approximate surface area is 123 Å². The van der Waals surface area contributed by atoms with Crippen LogP contribution in [0.15, 0.2) is 6.33 Å². The lowest BCUT2D eigenvalue weighted by Gasteiger charge is -2.26. The summed E-state index contributed by atoms with van der Waals surface area (Å²) >= 11 is 0. The summed E-state index contributed by atoms with van der Waals surface area (Å²) in [5.74, 6) is -0.107. The Balaban J connectivity index is 2.37. The molecule has 0 radical (unpaired) electrons. The molecule has 1 rings (SSSR count). The molecular formula is C13H23N5O3. The third kappa shape index (κ3) is 4.44. The van der Waals surface area contributed by atoms with E-state index in [9.17, 15) is 14.7 Å². The van der Waals surface area contributed by atoms with E-state index in [1.165, 1.54) is 0 Å². The molecule has 8 nitrogen and oxygen atoms in total. The van der Waals surface area contributed by atoms with Crippen molar-refractivity contribution in [2.45, 2.75) is 33.1 Å². The lowest BCUT2D eigenvalue weighted by Crippen LogP contribution is -2.46. The van der Waals surface area contributed by atoms with Crippen LogP contribution in [0.1, 0.15) is 32.5 Å². The summed E-state index contributed by atoms with van der Waals surface area (Å²) in [7, 11) is 1.83. The molecule has 0 aliphatic carbocycles. The van der Waals surface area contributed by atoms with Crippen LogP contribution in [-0.2, 0) is 18.3 Å². The minimum atomic E-state index is -0.902. The van der Waals surface area contributed by atoms with Gasteiger partial charge in [-0.2, -0.15) is 0 Å². The average molecular weight is 297 g/mol. The van der Waals surface area contributed by atoms with Crippen molar-refractivity contribution in [1.29, 1.82) is 0 Å². The first-order valence-corrected chi connectivity index (χ1v) is 7.03. The van der Waals surface area contributed by atoms with Gasteiger partial charge in [0, 0.05) is 26.6 Å². The summed E-state index contributed by atoms with van der Waals surface area (Å²) in [6, 6.07) is -0.371. The third-order valence-corrected chi connectivity index (χ3v) is 3.83. The van der Waals surface area contributed by atoms with Crippen LogP contribution in [0.2, 0.25) is 0 Å². The number of nitrogens with zero attached hydrogens (tertiary/aromatic N) is 3. The summed E-state index contributed by atoms with van der Waals surface area (Å²) in [6.07, 6.45) is 3.10. The van der Waals surface area contributed by atoms with Gasteiger partial charge in [0.25, 0.3) is 0 Å². The molecule has 0 fully saturated rings. The molecule has 3 N–H and O–H groups in total. The van der Waals surface area contributed by atoms with Crippen molar-refractivity contribution in [3.05, 3.63) is 12.2 Å². The number of hydrogen-bond acceptors (Lipinski definition) is 4. The number of carboxylic acid groups (broad SMARTS) is 1. The molecular weight excluding hydrogens is 274 g/mol.